The van der Waals surface area contributed by atoms with Crippen LogP contribution in [-0.2, 0) is 20.7 Å². The van der Waals surface area contributed by atoms with Gasteiger partial charge in [0.25, 0.3) is 0 Å². The van der Waals surface area contributed by atoms with Gasteiger partial charge in [0.1, 0.15) is 6.61 Å². The van der Waals surface area contributed by atoms with Gasteiger partial charge in [0, 0.05) is 13.5 Å². The Kier molecular flexibility index (Phi) is 3.85. The largest absolute Gasteiger partial charge is 0.480 e. The molecule has 2 rings (SSSR count). The predicted octanol–water partition coefficient (Wildman–Crippen LogP) is 0.848. The summed E-state index contributed by atoms with van der Waals surface area (Å²) in [6.07, 6.45) is -0.0253. The fourth-order valence-corrected chi connectivity index (χ4v) is 2.33. The maximum atomic E-state index is 11.5. The Morgan fingerprint density at radius 2 is 2.16 bits per heavy atom. The number of hydrogen-bond acceptors (Lipinski definition) is 3. The standard InChI is InChI=1S/C14H17NO4/c1-9-5-3-4-6-10(9)7-11-13(14(17)18)15(2)12(16)8-19-11/h3-6,11,13H,7-8H2,1-2H3,(H,17,18). The van der Waals surface area contributed by atoms with E-state index in [4.69, 9.17) is 4.74 Å². The normalized spacial score (nSPS) is 23.5. The summed E-state index contributed by atoms with van der Waals surface area (Å²) in [6.45, 7) is 1.92. The Morgan fingerprint density at radius 1 is 1.47 bits per heavy atom. The number of aliphatic carboxylic acids is 1. The number of carbonyl (C=O) groups is 2. The van der Waals surface area contributed by atoms with Crippen molar-refractivity contribution in [2.24, 2.45) is 0 Å². The van der Waals surface area contributed by atoms with Gasteiger partial charge in [-0.1, -0.05) is 24.3 Å². The highest BCUT2D eigenvalue weighted by Crippen LogP contribution is 2.20. The zero-order valence-electron chi connectivity index (χ0n) is 11.0. The number of amides is 1. The second kappa shape index (κ2) is 5.40. The topological polar surface area (TPSA) is 66.8 Å². The molecule has 2 atom stereocenters. The number of carboxylic acid groups (broad SMARTS) is 1. The van der Waals surface area contributed by atoms with Gasteiger partial charge >= 0.3 is 5.97 Å². The Bertz CT molecular complexity index is 500. The van der Waals surface area contributed by atoms with Gasteiger partial charge < -0.3 is 14.7 Å². The average Bonchev–Trinajstić information content (AvgIpc) is 2.36. The van der Waals surface area contributed by atoms with E-state index in [9.17, 15) is 14.7 Å². The van der Waals surface area contributed by atoms with E-state index < -0.39 is 18.1 Å². The maximum absolute atomic E-state index is 11.5. The molecule has 1 aromatic rings. The number of rotatable bonds is 3. The smallest absolute Gasteiger partial charge is 0.329 e. The average molecular weight is 263 g/mol. The molecule has 1 saturated heterocycles. The minimum Gasteiger partial charge on any atom is -0.480 e. The summed E-state index contributed by atoms with van der Waals surface area (Å²) in [4.78, 5) is 24.1. The van der Waals surface area contributed by atoms with Crippen LogP contribution in [0.15, 0.2) is 24.3 Å². The predicted molar refractivity (Wildman–Crippen MR) is 68.8 cm³/mol. The molecule has 1 aliphatic rings. The van der Waals surface area contributed by atoms with Crippen LogP contribution in [0, 0.1) is 6.92 Å². The summed E-state index contributed by atoms with van der Waals surface area (Å²) in [7, 11) is 1.51. The van der Waals surface area contributed by atoms with Crippen LogP contribution in [0.1, 0.15) is 11.1 Å². The molecule has 1 aliphatic heterocycles. The number of morpholine rings is 1. The molecule has 0 radical (unpaired) electrons. The van der Waals surface area contributed by atoms with Crippen molar-refractivity contribution in [3.8, 4) is 0 Å². The quantitative estimate of drug-likeness (QED) is 0.878. The lowest BCUT2D eigenvalue weighted by Gasteiger charge is -2.36. The first kappa shape index (κ1) is 13.5. The van der Waals surface area contributed by atoms with Gasteiger partial charge in [0.05, 0.1) is 6.10 Å². The lowest BCUT2D eigenvalue weighted by atomic mass is 9.96. The van der Waals surface area contributed by atoms with Gasteiger partial charge in [-0.25, -0.2) is 4.79 Å². The van der Waals surface area contributed by atoms with Crippen molar-refractivity contribution in [2.75, 3.05) is 13.7 Å². The summed E-state index contributed by atoms with van der Waals surface area (Å²) >= 11 is 0. The van der Waals surface area contributed by atoms with Crippen molar-refractivity contribution < 1.29 is 19.4 Å². The van der Waals surface area contributed by atoms with Gasteiger partial charge in [0.2, 0.25) is 5.91 Å². The van der Waals surface area contributed by atoms with E-state index in [2.05, 4.69) is 0 Å². The third kappa shape index (κ3) is 2.76. The summed E-state index contributed by atoms with van der Waals surface area (Å²) < 4.78 is 5.42. The van der Waals surface area contributed by atoms with Gasteiger partial charge in [-0.05, 0) is 18.1 Å². The maximum Gasteiger partial charge on any atom is 0.329 e. The Hall–Kier alpha value is -1.88. The fourth-order valence-electron chi connectivity index (χ4n) is 2.33. The SMILES string of the molecule is Cc1ccccc1CC1OCC(=O)N(C)C1C(=O)O. The highest BCUT2D eigenvalue weighted by molar-refractivity contribution is 5.85. The lowest BCUT2D eigenvalue weighted by Crippen LogP contribution is -2.57. The van der Waals surface area contributed by atoms with E-state index >= 15 is 0 Å². The van der Waals surface area contributed by atoms with Crippen LogP contribution >= 0.6 is 0 Å². The molecule has 2 unspecified atom stereocenters. The number of hydrogen-bond donors (Lipinski definition) is 1. The minimum atomic E-state index is -1.03. The highest BCUT2D eigenvalue weighted by atomic mass is 16.5. The first-order valence-electron chi connectivity index (χ1n) is 6.15. The van der Waals surface area contributed by atoms with E-state index in [-0.39, 0.29) is 12.5 Å². The van der Waals surface area contributed by atoms with E-state index in [1.165, 1.54) is 11.9 Å². The van der Waals surface area contributed by atoms with Crippen LogP contribution in [0.3, 0.4) is 0 Å². The molecule has 0 bridgehead atoms. The number of aryl methyl sites for hydroxylation is 1. The molecule has 1 aromatic carbocycles. The molecule has 102 valence electrons. The van der Waals surface area contributed by atoms with Crippen LogP contribution in [0.25, 0.3) is 0 Å². The zero-order valence-corrected chi connectivity index (χ0v) is 11.0. The molecular weight excluding hydrogens is 246 g/mol. The lowest BCUT2D eigenvalue weighted by molar-refractivity contribution is -0.169. The van der Waals surface area contributed by atoms with Gasteiger partial charge in [0.15, 0.2) is 6.04 Å². The van der Waals surface area contributed by atoms with Crippen LogP contribution in [-0.4, -0.2) is 47.7 Å². The molecule has 0 aliphatic carbocycles. The van der Waals surface area contributed by atoms with Gasteiger partial charge in [-0.3, -0.25) is 4.79 Å². The first-order valence-corrected chi connectivity index (χ1v) is 6.15. The van der Waals surface area contributed by atoms with E-state index in [0.717, 1.165) is 11.1 Å². The summed E-state index contributed by atoms with van der Waals surface area (Å²) in [5, 5.41) is 9.27. The van der Waals surface area contributed by atoms with Crippen LogP contribution < -0.4 is 0 Å². The molecule has 0 saturated carbocycles. The van der Waals surface area contributed by atoms with Crippen molar-refractivity contribution in [1.29, 1.82) is 0 Å². The Labute approximate surface area is 111 Å². The van der Waals surface area contributed by atoms with E-state index in [1.807, 2.05) is 31.2 Å². The second-order valence-corrected chi connectivity index (χ2v) is 4.77. The summed E-state index contributed by atoms with van der Waals surface area (Å²) in [6, 6.07) is 6.85. The number of ether oxygens (including phenoxy) is 1. The monoisotopic (exact) mass is 263 g/mol. The molecular formula is C14H17NO4. The second-order valence-electron chi connectivity index (χ2n) is 4.77. The molecule has 1 heterocycles. The number of carboxylic acids is 1. The van der Waals surface area contributed by atoms with Crippen molar-refractivity contribution >= 4 is 11.9 Å². The van der Waals surface area contributed by atoms with Crippen LogP contribution in [0.2, 0.25) is 0 Å². The number of likely N-dealkylation sites (N-methyl/N-ethyl adjacent to an activating group) is 1. The number of carbonyl (C=O) groups excluding carboxylic acids is 1. The van der Waals surface area contributed by atoms with Crippen LogP contribution in [0.4, 0.5) is 0 Å². The molecule has 1 N–H and O–H groups in total. The van der Waals surface area contributed by atoms with Gasteiger partial charge in [-0.2, -0.15) is 0 Å². The fraction of sp³-hybridized carbons (Fsp3) is 0.429. The van der Waals surface area contributed by atoms with Gasteiger partial charge in [-0.15, -0.1) is 0 Å². The first-order chi connectivity index (χ1) is 9.00. The summed E-state index contributed by atoms with van der Waals surface area (Å²) in [5.74, 6) is -1.33. The molecule has 1 amide bonds. The molecule has 5 nitrogen and oxygen atoms in total. The molecule has 5 heteroatoms. The number of nitrogens with zero attached hydrogens (tertiary/aromatic N) is 1. The van der Waals surface area contributed by atoms with Crippen molar-refractivity contribution in [2.45, 2.75) is 25.5 Å². The van der Waals surface area contributed by atoms with E-state index in [1.54, 1.807) is 0 Å². The van der Waals surface area contributed by atoms with Crippen LogP contribution in [0.5, 0.6) is 0 Å². The minimum absolute atomic E-state index is 0.0587. The number of benzene rings is 1. The van der Waals surface area contributed by atoms with Crippen molar-refractivity contribution in [1.82, 2.24) is 4.90 Å². The summed E-state index contributed by atoms with van der Waals surface area (Å²) in [5.41, 5.74) is 2.14. The van der Waals surface area contributed by atoms with Crippen molar-refractivity contribution in [3.63, 3.8) is 0 Å². The zero-order chi connectivity index (χ0) is 14.0. The third-order valence-electron chi connectivity index (χ3n) is 3.52. The Balaban J connectivity index is 2.21. The Morgan fingerprint density at radius 3 is 2.79 bits per heavy atom. The molecule has 0 spiro atoms. The highest BCUT2D eigenvalue weighted by Gasteiger charge is 2.39. The molecule has 0 aromatic heterocycles. The third-order valence-corrected chi connectivity index (χ3v) is 3.52. The van der Waals surface area contributed by atoms with E-state index in [0.29, 0.717) is 6.42 Å². The molecule has 19 heavy (non-hydrogen) atoms. The molecule has 1 fully saturated rings. The van der Waals surface area contributed by atoms with Crippen molar-refractivity contribution in [3.05, 3.63) is 35.4 Å².